The van der Waals surface area contributed by atoms with Gasteiger partial charge in [0, 0.05) is 29.5 Å². The maximum absolute atomic E-state index is 13.1. The van der Waals surface area contributed by atoms with E-state index >= 15 is 0 Å². The standard InChI is InChI=1S/C25H28N2O5S/c1-15-16(2)33-12-11-27(15)24(30)22(13-23(28)29)26-25(31)32-14-21-19-9-5-3-7-17(19)18-8-4-6-10-20(18)21/h3-10,15-16,21-22H,11-14H2,1-2H3,(H,26,31)(H,28,29). The third-order valence-corrected chi connectivity index (χ3v) is 7.82. The average molecular weight is 469 g/mol. The number of hydrogen-bond donors (Lipinski definition) is 2. The highest BCUT2D eigenvalue weighted by molar-refractivity contribution is 8.00. The van der Waals surface area contributed by atoms with Crippen molar-refractivity contribution >= 4 is 29.7 Å². The second-order valence-electron chi connectivity index (χ2n) is 8.47. The number of thioether (sulfide) groups is 1. The van der Waals surface area contributed by atoms with Crippen molar-refractivity contribution in [3.63, 3.8) is 0 Å². The molecule has 1 fully saturated rings. The Kier molecular flexibility index (Phi) is 6.93. The molecule has 33 heavy (non-hydrogen) atoms. The highest BCUT2D eigenvalue weighted by atomic mass is 32.2. The maximum Gasteiger partial charge on any atom is 0.407 e. The van der Waals surface area contributed by atoms with E-state index in [9.17, 15) is 19.5 Å². The van der Waals surface area contributed by atoms with Gasteiger partial charge in [0.05, 0.1) is 6.42 Å². The van der Waals surface area contributed by atoms with Crippen LogP contribution in [0.3, 0.4) is 0 Å². The Morgan fingerprint density at radius 3 is 2.30 bits per heavy atom. The van der Waals surface area contributed by atoms with E-state index < -0.39 is 24.5 Å². The van der Waals surface area contributed by atoms with Crippen molar-refractivity contribution in [1.82, 2.24) is 10.2 Å². The molecule has 0 radical (unpaired) electrons. The van der Waals surface area contributed by atoms with Crippen LogP contribution in [0.4, 0.5) is 4.79 Å². The Morgan fingerprint density at radius 1 is 1.09 bits per heavy atom. The summed E-state index contributed by atoms with van der Waals surface area (Å²) in [5.74, 6) is -0.871. The summed E-state index contributed by atoms with van der Waals surface area (Å²) in [6.07, 6.45) is -1.28. The first-order valence-electron chi connectivity index (χ1n) is 11.1. The number of benzene rings is 2. The van der Waals surface area contributed by atoms with E-state index in [1.807, 2.05) is 50.2 Å². The summed E-state index contributed by atoms with van der Waals surface area (Å²) in [5, 5.41) is 12.1. The zero-order valence-corrected chi connectivity index (χ0v) is 19.5. The van der Waals surface area contributed by atoms with Crippen LogP contribution in [-0.2, 0) is 14.3 Å². The molecule has 4 rings (SSSR count). The largest absolute Gasteiger partial charge is 0.481 e. The number of carbonyl (C=O) groups is 3. The van der Waals surface area contributed by atoms with Crippen LogP contribution >= 0.6 is 11.8 Å². The molecule has 2 aromatic rings. The number of carboxylic acids is 1. The predicted molar refractivity (Wildman–Crippen MR) is 127 cm³/mol. The molecule has 0 bridgehead atoms. The highest BCUT2D eigenvalue weighted by Gasteiger charge is 2.35. The number of fused-ring (bicyclic) bond motifs is 3. The van der Waals surface area contributed by atoms with Crippen LogP contribution in [0.5, 0.6) is 0 Å². The molecule has 2 amide bonds. The first-order chi connectivity index (χ1) is 15.9. The third kappa shape index (κ3) is 4.85. The van der Waals surface area contributed by atoms with Gasteiger partial charge in [-0.3, -0.25) is 9.59 Å². The molecule has 0 spiro atoms. The predicted octanol–water partition coefficient (Wildman–Crippen LogP) is 3.72. The van der Waals surface area contributed by atoms with Crippen molar-refractivity contribution < 1.29 is 24.2 Å². The van der Waals surface area contributed by atoms with E-state index in [1.165, 1.54) is 0 Å². The lowest BCUT2D eigenvalue weighted by Gasteiger charge is -2.39. The number of rotatable bonds is 6. The molecule has 7 nitrogen and oxygen atoms in total. The van der Waals surface area contributed by atoms with Crippen molar-refractivity contribution in [2.45, 2.75) is 43.5 Å². The fourth-order valence-corrected chi connectivity index (χ4v) is 5.70. The lowest BCUT2D eigenvalue weighted by atomic mass is 9.98. The molecular formula is C25H28N2O5S. The summed E-state index contributed by atoms with van der Waals surface area (Å²) in [7, 11) is 0. The van der Waals surface area contributed by atoms with Gasteiger partial charge in [-0.05, 0) is 29.2 Å². The minimum Gasteiger partial charge on any atom is -0.481 e. The topological polar surface area (TPSA) is 95.9 Å². The Morgan fingerprint density at radius 2 is 1.70 bits per heavy atom. The Bertz CT molecular complexity index is 1010. The molecule has 0 aromatic heterocycles. The number of nitrogens with zero attached hydrogens (tertiary/aromatic N) is 1. The molecule has 1 aliphatic heterocycles. The van der Waals surface area contributed by atoms with Gasteiger partial charge in [-0.25, -0.2) is 4.79 Å². The fourth-order valence-electron chi connectivity index (χ4n) is 4.60. The quantitative estimate of drug-likeness (QED) is 0.671. The van der Waals surface area contributed by atoms with Crippen LogP contribution in [0.15, 0.2) is 48.5 Å². The van der Waals surface area contributed by atoms with Gasteiger partial charge in [-0.2, -0.15) is 11.8 Å². The van der Waals surface area contributed by atoms with E-state index in [2.05, 4.69) is 17.4 Å². The number of nitrogens with one attached hydrogen (secondary N) is 1. The molecule has 1 heterocycles. The first kappa shape index (κ1) is 23.2. The summed E-state index contributed by atoms with van der Waals surface area (Å²) in [6, 6.07) is 14.8. The van der Waals surface area contributed by atoms with Crippen molar-refractivity contribution in [2.24, 2.45) is 0 Å². The number of ether oxygens (including phenoxy) is 1. The summed E-state index contributed by atoms with van der Waals surface area (Å²) in [4.78, 5) is 38.8. The van der Waals surface area contributed by atoms with Gasteiger partial charge in [0.2, 0.25) is 5.91 Å². The van der Waals surface area contributed by atoms with Gasteiger partial charge in [0.1, 0.15) is 12.6 Å². The smallest absolute Gasteiger partial charge is 0.407 e. The second kappa shape index (κ2) is 9.87. The number of carbonyl (C=O) groups excluding carboxylic acids is 2. The van der Waals surface area contributed by atoms with E-state index in [-0.39, 0.29) is 29.7 Å². The summed E-state index contributed by atoms with van der Waals surface area (Å²) in [6.45, 7) is 4.61. The molecule has 1 saturated heterocycles. The van der Waals surface area contributed by atoms with Gasteiger partial charge in [-0.1, -0.05) is 55.5 Å². The normalized spacial score (nSPS) is 20.5. The Hall–Kier alpha value is -3.00. The van der Waals surface area contributed by atoms with Crippen molar-refractivity contribution in [2.75, 3.05) is 18.9 Å². The van der Waals surface area contributed by atoms with E-state index in [0.717, 1.165) is 28.0 Å². The molecule has 3 atom stereocenters. The van der Waals surface area contributed by atoms with Gasteiger partial charge >= 0.3 is 12.1 Å². The zero-order chi connectivity index (χ0) is 23.5. The molecule has 8 heteroatoms. The number of carboxylic acid groups (broad SMARTS) is 1. The highest BCUT2D eigenvalue weighted by Crippen LogP contribution is 2.44. The minimum absolute atomic E-state index is 0.0446. The van der Waals surface area contributed by atoms with E-state index in [4.69, 9.17) is 4.74 Å². The average Bonchev–Trinajstić information content (AvgIpc) is 3.12. The Balaban J connectivity index is 1.44. The number of aliphatic carboxylic acids is 1. The minimum atomic E-state index is -1.17. The van der Waals surface area contributed by atoms with Gasteiger partial charge in [0.15, 0.2) is 0 Å². The van der Waals surface area contributed by atoms with Crippen molar-refractivity contribution in [3.8, 4) is 11.1 Å². The lowest BCUT2D eigenvalue weighted by Crippen LogP contribution is -2.56. The molecule has 1 aliphatic carbocycles. The van der Waals surface area contributed by atoms with E-state index in [1.54, 1.807) is 16.7 Å². The lowest BCUT2D eigenvalue weighted by molar-refractivity contribution is -0.143. The first-order valence-corrected chi connectivity index (χ1v) is 12.2. The fraction of sp³-hybridized carbons (Fsp3) is 0.400. The zero-order valence-electron chi connectivity index (χ0n) is 18.7. The van der Waals surface area contributed by atoms with Crippen LogP contribution < -0.4 is 5.32 Å². The van der Waals surface area contributed by atoms with Crippen LogP contribution in [0.25, 0.3) is 11.1 Å². The third-order valence-electron chi connectivity index (χ3n) is 6.48. The molecule has 3 unspecified atom stereocenters. The molecular weight excluding hydrogens is 440 g/mol. The van der Waals surface area contributed by atoms with Crippen LogP contribution in [0, 0.1) is 0 Å². The molecule has 2 aliphatic rings. The van der Waals surface area contributed by atoms with Crippen molar-refractivity contribution in [1.29, 1.82) is 0 Å². The molecule has 2 N–H and O–H groups in total. The Labute approximate surface area is 197 Å². The summed E-state index contributed by atoms with van der Waals surface area (Å²) < 4.78 is 5.52. The number of hydrogen-bond acceptors (Lipinski definition) is 5. The van der Waals surface area contributed by atoms with Crippen molar-refractivity contribution in [3.05, 3.63) is 59.7 Å². The van der Waals surface area contributed by atoms with Crippen LogP contribution in [0.1, 0.15) is 37.3 Å². The van der Waals surface area contributed by atoms with Gasteiger partial charge < -0.3 is 20.1 Å². The van der Waals surface area contributed by atoms with Crippen LogP contribution in [-0.4, -0.2) is 64.2 Å². The van der Waals surface area contributed by atoms with Gasteiger partial charge in [-0.15, -0.1) is 0 Å². The molecule has 174 valence electrons. The number of alkyl carbamates (subject to hydrolysis) is 1. The molecule has 2 aromatic carbocycles. The van der Waals surface area contributed by atoms with Crippen LogP contribution in [0.2, 0.25) is 0 Å². The summed E-state index contributed by atoms with van der Waals surface area (Å²) >= 11 is 1.78. The maximum atomic E-state index is 13.1. The van der Waals surface area contributed by atoms with Gasteiger partial charge in [0.25, 0.3) is 0 Å². The second-order valence-corrected chi connectivity index (χ2v) is 9.95. The number of amides is 2. The SMILES string of the molecule is CC1SCCN(C(=O)C(CC(=O)O)NC(=O)OCC2c3ccccc3-c3ccccc32)C1C. The molecule has 0 saturated carbocycles. The monoisotopic (exact) mass is 468 g/mol. The summed E-state index contributed by atoms with van der Waals surface area (Å²) in [5.41, 5.74) is 4.40. The van der Waals surface area contributed by atoms with E-state index in [0.29, 0.717) is 6.54 Å².